The van der Waals surface area contributed by atoms with Crippen LogP contribution in [-0.4, -0.2) is 39.3 Å². The summed E-state index contributed by atoms with van der Waals surface area (Å²) >= 11 is 6.17. The number of benzene rings is 2. The number of carbonyl (C=O) groups excluding carboxylic acids is 1. The van der Waals surface area contributed by atoms with Gasteiger partial charge in [0.25, 0.3) is 0 Å². The lowest BCUT2D eigenvalue weighted by molar-refractivity contribution is -0.115. The van der Waals surface area contributed by atoms with Crippen LogP contribution < -0.4 is 15.0 Å². The van der Waals surface area contributed by atoms with Gasteiger partial charge in [-0.05, 0) is 30.3 Å². The number of amides is 1. The van der Waals surface area contributed by atoms with E-state index in [1.807, 2.05) is 30.3 Å². The van der Waals surface area contributed by atoms with Crippen LogP contribution in [0.4, 0.5) is 11.4 Å². The first kappa shape index (κ1) is 18.7. The van der Waals surface area contributed by atoms with Gasteiger partial charge < -0.3 is 24.1 Å². The fourth-order valence-corrected chi connectivity index (χ4v) is 3.56. The number of methoxy groups -OCH3 is 1. The van der Waals surface area contributed by atoms with Crippen molar-refractivity contribution < 1.29 is 18.7 Å². The minimum absolute atomic E-state index is 0.129. The first-order valence-electron chi connectivity index (χ1n) is 9.10. The monoisotopic (exact) mass is 400 g/mol. The van der Waals surface area contributed by atoms with Crippen LogP contribution in [0.15, 0.2) is 47.1 Å². The fourth-order valence-electron chi connectivity index (χ4n) is 3.38. The van der Waals surface area contributed by atoms with Gasteiger partial charge in [-0.25, -0.2) is 0 Å². The van der Waals surface area contributed by atoms with E-state index >= 15 is 0 Å². The molecule has 0 saturated carbocycles. The van der Waals surface area contributed by atoms with Crippen LogP contribution in [0.2, 0.25) is 5.02 Å². The molecule has 0 unspecified atom stereocenters. The number of halogens is 1. The van der Waals surface area contributed by atoms with Gasteiger partial charge >= 0.3 is 0 Å². The molecule has 6 nitrogen and oxygen atoms in total. The van der Waals surface area contributed by atoms with Crippen molar-refractivity contribution in [2.24, 2.45) is 0 Å². The highest BCUT2D eigenvalue weighted by Crippen LogP contribution is 2.31. The average Bonchev–Trinajstić information content (AvgIpc) is 3.10. The molecule has 28 heavy (non-hydrogen) atoms. The molecule has 0 spiro atoms. The number of nitrogens with zero attached hydrogens (tertiary/aromatic N) is 1. The maximum atomic E-state index is 12.7. The molecule has 1 aliphatic heterocycles. The molecule has 0 atom stereocenters. The fraction of sp³-hybridized carbons (Fsp3) is 0.286. The number of furan rings is 1. The van der Waals surface area contributed by atoms with E-state index in [0.29, 0.717) is 35.3 Å². The van der Waals surface area contributed by atoms with Gasteiger partial charge in [0.1, 0.15) is 11.3 Å². The standard InChI is InChI=1S/C21H21ClN2O4/c1-26-16-3-4-17-14(13-28-20(17)12-16)10-21(25)23-18-11-15(22)2-5-19(18)24-6-8-27-9-7-24/h2-5,11-13H,6-10H2,1H3,(H,23,25). The Balaban J connectivity index is 1.53. The number of nitrogens with one attached hydrogen (secondary N) is 1. The molecule has 1 fully saturated rings. The molecule has 3 aromatic rings. The second kappa shape index (κ2) is 8.12. The quantitative estimate of drug-likeness (QED) is 0.698. The summed E-state index contributed by atoms with van der Waals surface area (Å²) in [6, 6.07) is 11.1. The Bertz CT molecular complexity index is 995. The molecule has 1 saturated heterocycles. The highest BCUT2D eigenvalue weighted by atomic mass is 35.5. The second-order valence-corrected chi connectivity index (χ2v) is 7.05. The van der Waals surface area contributed by atoms with E-state index in [1.165, 1.54) is 0 Å². The Morgan fingerprint density at radius 2 is 2.04 bits per heavy atom. The van der Waals surface area contributed by atoms with E-state index in [0.717, 1.165) is 29.7 Å². The summed E-state index contributed by atoms with van der Waals surface area (Å²) in [5.41, 5.74) is 3.17. The van der Waals surface area contributed by atoms with Crippen molar-refractivity contribution in [2.45, 2.75) is 6.42 Å². The third-order valence-corrected chi connectivity index (χ3v) is 5.03. The number of anilines is 2. The van der Waals surface area contributed by atoms with Crippen LogP contribution >= 0.6 is 11.6 Å². The van der Waals surface area contributed by atoms with E-state index in [2.05, 4.69) is 10.2 Å². The zero-order valence-electron chi connectivity index (χ0n) is 15.5. The van der Waals surface area contributed by atoms with Gasteiger partial charge in [0.2, 0.25) is 5.91 Å². The van der Waals surface area contributed by atoms with Crippen molar-refractivity contribution in [3.8, 4) is 5.75 Å². The zero-order chi connectivity index (χ0) is 19.5. The van der Waals surface area contributed by atoms with Gasteiger partial charge in [-0.1, -0.05) is 11.6 Å². The molecule has 2 heterocycles. The third-order valence-electron chi connectivity index (χ3n) is 4.80. The number of ether oxygens (including phenoxy) is 2. The Hall–Kier alpha value is -2.70. The van der Waals surface area contributed by atoms with Crippen molar-refractivity contribution in [1.82, 2.24) is 0 Å². The normalized spacial score (nSPS) is 14.3. The number of rotatable bonds is 5. The maximum absolute atomic E-state index is 12.7. The summed E-state index contributed by atoms with van der Waals surface area (Å²) in [5, 5.41) is 4.48. The lowest BCUT2D eigenvalue weighted by atomic mass is 10.1. The molecule has 2 aromatic carbocycles. The first-order valence-corrected chi connectivity index (χ1v) is 9.48. The van der Waals surface area contributed by atoms with Crippen molar-refractivity contribution in [1.29, 1.82) is 0 Å². The Morgan fingerprint density at radius 3 is 2.82 bits per heavy atom. The van der Waals surface area contributed by atoms with Crippen LogP contribution in [0.3, 0.4) is 0 Å². The first-order chi connectivity index (χ1) is 13.6. The predicted octanol–water partition coefficient (Wildman–Crippen LogP) is 4.11. The summed E-state index contributed by atoms with van der Waals surface area (Å²) in [6.45, 7) is 2.89. The largest absolute Gasteiger partial charge is 0.497 e. The Kier molecular flexibility index (Phi) is 5.41. The topological polar surface area (TPSA) is 63.9 Å². The number of hydrogen-bond acceptors (Lipinski definition) is 5. The van der Waals surface area contributed by atoms with Crippen LogP contribution in [-0.2, 0) is 16.0 Å². The van der Waals surface area contributed by atoms with E-state index in [4.69, 9.17) is 25.5 Å². The Labute approximate surface area is 168 Å². The lowest BCUT2D eigenvalue weighted by Gasteiger charge is -2.30. The molecular formula is C21H21ClN2O4. The van der Waals surface area contributed by atoms with Gasteiger partial charge in [-0.15, -0.1) is 0 Å². The summed E-state index contributed by atoms with van der Waals surface area (Å²) < 4.78 is 16.2. The van der Waals surface area contributed by atoms with Crippen LogP contribution in [0.25, 0.3) is 11.0 Å². The molecular weight excluding hydrogens is 380 g/mol. The van der Waals surface area contributed by atoms with E-state index in [9.17, 15) is 4.79 Å². The van der Waals surface area contributed by atoms with Gasteiger partial charge in [0.15, 0.2) is 0 Å². The van der Waals surface area contributed by atoms with Gasteiger partial charge in [0, 0.05) is 35.1 Å². The summed E-state index contributed by atoms with van der Waals surface area (Å²) in [6.07, 6.45) is 1.82. The van der Waals surface area contributed by atoms with Gasteiger partial charge in [0.05, 0.1) is 44.4 Å². The summed E-state index contributed by atoms with van der Waals surface area (Å²) in [5.74, 6) is 0.585. The second-order valence-electron chi connectivity index (χ2n) is 6.61. The Morgan fingerprint density at radius 1 is 1.21 bits per heavy atom. The minimum Gasteiger partial charge on any atom is -0.497 e. The summed E-state index contributed by atoms with van der Waals surface area (Å²) in [7, 11) is 1.61. The molecule has 4 rings (SSSR count). The smallest absolute Gasteiger partial charge is 0.228 e. The number of fused-ring (bicyclic) bond motifs is 1. The van der Waals surface area contributed by atoms with Crippen molar-refractivity contribution in [3.63, 3.8) is 0 Å². The molecule has 0 bridgehead atoms. The van der Waals surface area contributed by atoms with Crippen molar-refractivity contribution >= 4 is 39.9 Å². The van der Waals surface area contributed by atoms with Crippen molar-refractivity contribution in [3.05, 3.63) is 53.2 Å². The van der Waals surface area contributed by atoms with Gasteiger partial charge in [-0.3, -0.25) is 4.79 Å². The summed E-state index contributed by atoms with van der Waals surface area (Å²) in [4.78, 5) is 14.9. The van der Waals surface area contributed by atoms with Crippen LogP contribution in [0, 0.1) is 0 Å². The molecule has 1 N–H and O–H groups in total. The van der Waals surface area contributed by atoms with Gasteiger partial charge in [-0.2, -0.15) is 0 Å². The third kappa shape index (κ3) is 3.93. The van der Waals surface area contributed by atoms with Crippen LogP contribution in [0.1, 0.15) is 5.56 Å². The molecule has 1 amide bonds. The van der Waals surface area contributed by atoms with Crippen molar-refractivity contribution in [2.75, 3.05) is 43.6 Å². The number of hydrogen-bond donors (Lipinski definition) is 1. The average molecular weight is 401 g/mol. The highest BCUT2D eigenvalue weighted by Gasteiger charge is 2.18. The molecule has 1 aromatic heterocycles. The lowest BCUT2D eigenvalue weighted by Crippen LogP contribution is -2.36. The predicted molar refractivity (Wildman–Crippen MR) is 110 cm³/mol. The highest BCUT2D eigenvalue weighted by molar-refractivity contribution is 6.31. The number of carbonyl (C=O) groups is 1. The van der Waals surface area contributed by atoms with E-state index < -0.39 is 0 Å². The van der Waals surface area contributed by atoms with Crippen LogP contribution in [0.5, 0.6) is 5.75 Å². The number of morpholine rings is 1. The maximum Gasteiger partial charge on any atom is 0.228 e. The SMILES string of the molecule is COc1ccc2c(CC(=O)Nc3cc(Cl)ccc3N3CCOCC3)coc2c1. The molecule has 0 aliphatic carbocycles. The molecule has 1 aliphatic rings. The molecule has 146 valence electrons. The minimum atomic E-state index is -0.129. The molecule has 7 heteroatoms. The zero-order valence-corrected chi connectivity index (χ0v) is 16.3. The van der Waals surface area contributed by atoms with E-state index in [1.54, 1.807) is 19.4 Å². The molecule has 0 radical (unpaired) electrons. The van der Waals surface area contributed by atoms with E-state index in [-0.39, 0.29) is 12.3 Å².